The number of piperazine rings is 3. The van der Waals surface area contributed by atoms with E-state index in [9.17, 15) is 19.2 Å². The Hall–Kier alpha value is -3.84. The second kappa shape index (κ2) is 19.5. The Morgan fingerprint density at radius 3 is 1.29 bits per heavy atom. The second-order valence-electron chi connectivity index (χ2n) is 18.7. The van der Waals surface area contributed by atoms with Crippen LogP contribution in [-0.4, -0.2) is 131 Å². The maximum Gasteiger partial charge on any atom is 0.410 e. The third kappa shape index (κ3) is 12.6. The van der Waals surface area contributed by atoms with Crippen LogP contribution in [0.15, 0.2) is 53.0 Å². The highest BCUT2D eigenvalue weighted by Crippen LogP contribution is 2.33. The number of carbonyl (C=O) groups excluding carboxylic acids is 4. The lowest BCUT2D eigenvalue weighted by Crippen LogP contribution is -2.58. The normalized spacial score (nSPS) is 22.1. The molecule has 2 aromatic rings. The van der Waals surface area contributed by atoms with Crippen molar-refractivity contribution in [2.45, 2.75) is 118 Å². The van der Waals surface area contributed by atoms with Crippen molar-refractivity contribution in [1.29, 1.82) is 0 Å². The molecular weight excluding hydrogens is 800 g/mol. The predicted octanol–water partition coefficient (Wildman–Crippen LogP) is 8.22. The molecule has 3 heterocycles. The van der Waals surface area contributed by atoms with E-state index in [-0.39, 0.29) is 60.0 Å². The van der Waals surface area contributed by atoms with Crippen molar-refractivity contribution in [3.05, 3.63) is 64.1 Å². The average molecular weight is 870 g/mol. The Morgan fingerprint density at radius 2 is 0.948 bits per heavy atom. The molecule has 4 amide bonds. The monoisotopic (exact) mass is 868 g/mol. The van der Waals surface area contributed by atoms with E-state index in [0.717, 1.165) is 41.8 Å². The summed E-state index contributed by atoms with van der Waals surface area (Å²) in [5.74, 6) is 0.0886. The number of likely N-dealkylation sites (N-methyl/N-ethyl adjacent to an activating group) is 1. The Kier molecular flexibility index (Phi) is 15.7. The Morgan fingerprint density at radius 1 is 0.586 bits per heavy atom. The molecule has 13 heteroatoms. The van der Waals surface area contributed by atoms with Gasteiger partial charge in [-0.2, -0.15) is 0 Å². The second-order valence-corrected chi connectivity index (χ2v) is 19.6. The highest BCUT2D eigenvalue weighted by atomic mass is 79.9. The number of carbonyl (C=O) groups is 4. The predicted molar refractivity (Wildman–Crippen MR) is 234 cm³/mol. The first-order valence-electron chi connectivity index (χ1n) is 20.8. The van der Waals surface area contributed by atoms with Crippen molar-refractivity contribution >= 4 is 45.6 Å². The van der Waals surface area contributed by atoms with Gasteiger partial charge in [0.15, 0.2) is 0 Å². The van der Waals surface area contributed by atoms with Gasteiger partial charge in [0.25, 0.3) is 0 Å². The van der Waals surface area contributed by atoms with Crippen LogP contribution < -0.4 is 4.90 Å². The van der Waals surface area contributed by atoms with Crippen molar-refractivity contribution in [3.8, 4) is 0 Å². The quantitative estimate of drug-likeness (QED) is 0.296. The lowest BCUT2D eigenvalue weighted by molar-refractivity contribution is -0.141. The maximum atomic E-state index is 13.1. The smallest absolute Gasteiger partial charge is 0.410 e. The van der Waals surface area contributed by atoms with Gasteiger partial charge in [0.1, 0.15) is 11.2 Å². The fourth-order valence-electron chi connectivity index (χ4n) is 7.50. The van der Waals surface area contributed by atoms with E-state index in [0.29, 0.717) is 26.2 Å². The summed E-state index contributed by atoms with van der Waals surface area (Å²) in [6.45, 7) is 28.9. The molecule has 12 nitrogen and oxygen atoms in total. The van der Waals surface area contributed by atoms with E-state index >= 15 is 0 Å². The van der Waals surface area contributed by atoms with Crippen LogP contribution in [0.2, 0.25) is 0 Å². The van der Waals surface area contributed by atoms with Crippen molar-refractivity contribution in [1.82, 2.24) is 24.5 Å². The number of nitrogens with zero attached hydrogens (tertiary/aromatic N) is 6. The number of halogens is 1. The number of ether oxygens (including phenoxy) is 2. The standard InChI is InChI=1S/C25H40N4O3.C20H29BrN2O3/c1-18(2)23(30)28-17-22(29(16-19(28)3)24(31)32-25(4,5)6)20-8-10-21(11-9-20)27-14-12-26(7)13-15-27;1-13(2)18(24)22-12-17(15-7-9-16(21)10-8-15)23(11-14(22)3)19(25)26-20(4,5)6/h8-11,18-19,22H,12-17H2,1-7H3;7-10,13-14,17H,11-12H2,1-6H3/t19-,22-;14-,17-/m11/s1. The summed E-state index contributed by atoms with van der Waals surface area (Å²) in [6, 6.07) is 15.8. The van der Waals surface area contributed by atoms with Crippen LogP contribution in [0.1, 0.15) is 106 Å². The summed E-state index contributed by atoms with van der Waals surface area (Å²) in [5.41, 5.74) is 2.09. The molecule has 0 unspecified atom stereocenters. The lowest BCUT2D eigenvalue weighted by Gasteiger charge is -2.46. The molecule has 5 rings (SSSR count). The summed E-state index contributed by atoms with van der Waals surface area (Å²) >= 11 is 3.45. The van der Waals surface area contributed by atoms with Crippen LogP contribution >= 0.6 is 15.9 Å². The van der Waals surface area contributed by atoms with E-state index in [2.05, 4.69) is 57.0 Å². The van der Waals surface area contributed by atoms with Crippen LogP contribution in [0.25, 0.3) is 0 Å². The summed E-state index contributed by atoms with van der Waals surface area (Å²) < 4.78 is 12.3. The highest BCUT2D eigenvalue weighted by molar-refractivity contribution is 9.10. The third-order valence-corrected chi connectivity index (χ3v) is 11.2. The molecule has 0 aliphatic carbocycles. The molecule has 3 aliphatic heterocycles. The molecule has 0 aromatic heterocycles. The van der Waals surface area contributed by atoms with Gasteiger partial charge < -0.3 is 29.1 Å². The summed E-state index contributed by atoms with van der Waals surface area (Å²) in [4.78, 5) is 63.5. The topological polar surface area (TPSA) is 106 Å². The van der Waals surface area contributed by atoms with Gasteiger partial charge in [-0.1, -0.05) is 67.9 Å². The first-order valence-corrected chi connectivity index (χ1v) is 21.6. The fraction of sp³-hybridized carbons (Fsp3) is 0.644. The SMILES string of the molecule is CC(C)C(=O)N1C[C@H](c2ccc(Br)cc2)N(C(=O)OC(C)(C)C)C[C@H]1C.CC(C)C(=O)N1C[C@H](c2ccc(N3CCN(C)CC3)cc2)N(C(=O)OC(C)(C)C)C[C@H]1C. The molecule has 2 aromatic carbocycles. The third-order valence-electron chi connectivity index (χ3n) is 10.7. The minimum Gasteiger partial charge on any atom is -0.444 e. The average Bonchev–Trinajstić information content (AvgIpc) is 3.13. The fourth-order valence-corrected chi connectivity index (χ4v) is 7.76. The number of benzene rings is 2. The van der Waals surface area contributed by atoms with Crippen LogP contribution in [-0.2, 0) is 19.1 Å². The van der Waals surface area contributed by atoms with Crippen molar-refractivity contribution in [2.75, 3.05) is 64.3 Å². The van der Waals surface area contributed by atoms with Gasteiger partial charge in [0, 0.05) is 86.4 Å². The van der Waals surface area contributed by atoms with Gasteiger partial charge in [0.05, 0.1) is 12.1 Å². The summed E-state index contributed by atoms with van der Waals surface area (Å²) in [5, 5.41) is 0. The van der Waals surface area contributed by atoms with E-state index in [1.54, 1.807) is 9.80 Å². The minimum atomic E-state index is -0.568. The van der Waals surface area contributed by atoms with Crippen LogP contribution in [0.3, 0.4) is 0 Å². The van der Waals surface area contributed by atoms with Crippen molar-refractivity contribution < 1.29 is 28.7 Å². The summed E-state index contributed by atoms with van der Waals surface area (Å²) in [7, 11) is 2.15. The van der Waals surface area contributed by atoms with Crippen molar-refractivity contribution in [3.63, 3.8) is 0 Å². The molecule has 58 heavy (non-hydrogen) atoms. The zero-order valence-corrected chi connectivity index (χ0v) is 38.8. The molecule has 0 bridgehead atoms. The van der Waals surface area contributed by atoms with Gasteiger partial charge in [-0.25, -0.2) is 9.59 Å². The van der Waals surface area contributed by atoms with Crippen LogP contribution in [0, 0.1) is 11.8 Å². The van der Waals surface area contributed by atoms with Gasteiger partial charge in [-0.3, -0.25) is 19.4 Å². The molecule has 3 fully saturated rings. The molecule has 4 atom stereocenters. The van der Waals surface area contributed by atoms with Crippen LogP contribution in [0.5, 0.6) is 0 Å². The minimum absolute atomic E-state index is 0.0517. The first-order chi connectivity index (χ1) is 27.0. The van der Waals surface area contributed by atoms with E-state index in [1.165, 1.54) is 5.69 Å². The number of hydrogen-bond donors (Lipinski definition) is 0. The highest BCUT2D eigenvalue weighted by Gasteiger charge is 2.41. The molecule has 322 valence electrons. The number of rotatable bonds is 5. The number of anilines is 1. The van der Waals surface area contributed by atoms with E-state index in [4.69, 9.17) is 9.47 Å². The van der Waals surface area contributed by atoms with Crippen molar-refractivity contribution in [2.24, 2.45) is 11.8 Å². The van der Waals surface area contributed by atoms with Crippen LogP contribution in [0.4, 0.5) is 15.3 Å². The van der Waals surface area contributed by atoms with E-state index < -0.39 is 11.2 Å². The van der Waals surface area contributed by atoms with E-state index in [1.807, 2.05) is 117 Å². The molecule has 3 aliphatic rings. The van der Waals surface area contributed by atoms with Gasteiger partial charge in [0.2, 0.25) is 11.8 Å². The Bertz CT molecular complexity index is 1700. The number of amides is 4. The molecular formula is C45H69BrN6O6. The maximum absolute atomic E-state index is 13.1. The molecule has 0 N–H and O–H groups in total. The zero-order chi connectivity index (χ0) is 43.3. The van der Waals surface area contributed by atoms with Gasteiger partial charge >= 0.3 is 12.2 Å². The van der Waals surface area contributed by atoms with Gasteiger partial charge in [-0.15, -0.1) is 0 Å². The lowest BCUT2D eigenvalue weighted by atomic mass is 9.98. The molecule has 0 spiro atoms. The Labute approximate surface area is 356 Å². The van der Waals surface area contributed by atoms with Gasteiger partial charge in [-0.05, 0) is 97.8 Å². The zero-order valence-electron chi connectivity index (χ0n) is 37.3. The number of hydrogen-bond acceptors (Lipinski definition) is 8. The molecule has 3 saturated heterocycles. The molecule has 0 radical (unpaired) electrons. The molecule has 0 saturated carbocycles. The Balaban J connectivity index is 0.000000262. The largest absolute Gasteiger partial charge is 0.444 e. The summed E-state index contributed by atoms with van der Waals surface area (Å²) in [6.07, 6.45) is -0.664. The first kappa shape index (κ1) is 46.8.